The molecule has 3 heterocycles. The van der Waals surface area contributed by atoms with E-state index in [4.69, 9.17) is 5.11 Å². The highest BCUT2D eigenvalue weighted by Crippen LogP contribution is 2.21. The van der Waals surface area contributed by atoms with Crippen molar-refractivity contribution in [3.05, 3.63) is 48.7 Å². The van der Waals surface area contributed by atoms with Gasteiger partial charge < -0.3 is 10.4 Å². The number of aryl methyl sites for hydroxylation is 1. The van der Waals surface area contributed by atoms with Crippen molar-refractivity contribution in [1.82, 2.24) is 24.5 Å². The molecule has 0 saturated heterocycles. The Kier molecular flexibility index (Phi) is 4.15. The number of aliphatic hydroxyl groups is 1. The van der Waals surface area contributed by atoms with Crippen molar-refractivity contribution < 1.29 is 5.11 Å². The average molecular weight is 298 g/mol. The minimum atomic E-state index is 0.0783. The van der Waals surface area contributed by atoms with Crippen LogP contribution in [0.4, 0.5) is 5.69 Å². The first-order valence-corrected chi connectivity index (χ1v) is 7.06. The predicted molar refractivity (Wildman–Crippen MR) is 83.1 cm³/mol. The molecule has 0 fully saturated rings. The summed E-state index contributed by atoms with van der Waals surface area (Å²) < 4.78 is 3.50. The van der Waals surface area contributed by atoms with Gasteiger partial charge in [0.2, 0.25) is 0 Å². The molecule has 22 heavy (non-hydrogen) atoms. The molecule has 0 radical (unpaired) electrons. The van der Waals surface area contributed by atoms with Crippen molar-refractivity contribution in [2.24, 2.45) is 7.05 Å². The Hall–Kier alpha value is -2.67. The molecular formula is C15H18N6O. The minimum Gasteiger partial charge on any atom is -0.394 e. The summed E-state index contributed by atoms with van der Waals surface area (Å²) in [5, 5.41) is 20.9. The van der Waals surface area contributed by atoms with Crippen molar-refractivity contribution in [3.8, 4) is 11.3 Å². The van der Waals surface area contributed by atoms with Crippen LogP contribution in [-0.4, -0.2) is 36.3 Å². The summed E-state index contributed by atoms with van der Waals surface area (Å²) in [7, 11) is 1.91. The van der Waals surface area contributed by atoms with Crippen LogP contribution in [0.3, 0.4) is 0 Å². The van der Waals surface area contributed by atoms with Crippen molar-refractivity contribution in [2.75, 3.05) is 11.9 Å². The van der Waals surface area contributed by atoms with Gasteiger partial charge in [-0.2, -0.15) is 10.2 Å². The third kappa shape index (κ3) is 3.15. The van der Waals surface area contributed by atoms with Gasteiger partial charge in [0.15, 0.2) is 0 Å². The molecule has 0 amide bonds. The molecule has 3 aromatic heterocycles. The van der Waals surface area contributed by atoms with Gasteiger partial charge in [-0.05, 0) is 12.1 Å². The van der Waals surface area contributed by atoms with Gasteiger partial charge in [0.05, 0.1) is 30.7 Å². The Morgan fingerprint density at radius 1 is 1.27 bits per heavy atom. The Morgan fingerprint density at radius 2 is 2.18 bits per heavy atom. The van der Waals surface area contributed by atoms with Crippen molar-refractivity contribution in [2.45, 2.75) is 13.1 Å². The number of hydrogen-bond donors (Lipinski definition) is 2. The molecule has 0 unspecified atom stereocenters. The fourth-order valence-electron chi connectivity index (χ4n) is 2.29. The maximum Gasteiger partial charge on any atom is 0.0988 e. The Bertz CT molecular complexity index is 734. The molecule has 7 heteroatoms. The van der Waals surface area contributed by atoms with Crippen LogP contribution in [0.2, 0.25) is 0 Å². The van der Waals surface area contributed by atoms with E-state index in [1.165, 1.54) is 0 Å². The van der Waals surface area contributed by atoms with Gasteiger partial charge in [0.1, 0.15) is 0 Å². The molecule has 2 N–H and O–H groups in total. The highest BCUT2D eigenvalue weighted by Gasteiger charge is 2.10. The molecule has 0 aliphatic heterocycles. The standard InChI is InChI=1S/C15H18N6O/c1-20-10-13(15(19-20)12-3-2-4-16-7-12)8-17-14-9-18-21(11-14)5-6-22/h2-4,7,9-11,17,22H,5-6,8H2,1H3. The summed E-state index contributed by atoms with van der Waals surface area (Å²) in [6.07, 6.45) is 9.17. The fourth-order valence-corrected chi connectivity index (χ4v) is 2.29. The van der Waals surface area contributed by atoms with E-state index in [-0.39, 0.29) is 6.61 Å². The highest BCUT2D eigenvalue weighted by molar-refractivity contribution is 5.62. The van der Waals surface area contributed by atoms with Gasteiger partial charge in [-0.1, -0.05) is 0 Å². The number of rotatable bonds is 6. The quantitative estimate of drug-likeness (QED) is 0.716. The summed E-state index contributed by atoms with van der Waals surface area (Å²) in [6, 6.07) is 3.90. The van der Waals surface area contributed by atoms with E-state index in [1.807, 2.05) is 37.8 Å². The normalized spacial score (nSPS) is 10.8. The third-order valence-corrected chi connectivity index (χ3v) is 3.28. The smallest absolute Gasteiger partial charge is 0.0988 e. The molecule has 7 nitrogen and oxygen atoms in total. The SMILES string of the molecule is Cn1cc(CNc2cnn(CCO)c2)c(-c2cccnc2)n1. The first-order valence-electron chi connectivity index (χ1n) is 7.06. The Labute approximate surface area is 128 Å². The van der Waals surface area contributed by atoms with Crippen LogP contribution in [-0.2, 0) is 20.1 Å². The molecule has 3 aromatic rings. The summed E-state index contributed by atoms with van der Waals surface area (Å²) in [6.45, 7) is 1.22. The maximum atomic E-state index is 8.90. The second kappa shape index (κ2) is 6.40. The Morgan fingerprint density at radius 3 is 2.95 bits per heavy atom. The second-order valence-electron chi connectivity index (χ2n) is 4.99. The molecule has 0 spiro atoms. The summed E-state index contributed by atoms with van der Waals surface area (Å²) in [4.78, 5) is 4.15. The molecule has 0 aromatic carbocycles. The predicted octanol–water partition coefficient (Wildman–Crippen LogP) is 1.28. The number of nitrogens with zero attached hydrogens (tertiary/aromatic N) is 5. The molecular weight excluding hydrogens is 280 g/mol. The minimum absolute atomic E-state index is 0.0783. The van der Waals surface area contributed by atoms with Crippen molar-refractivity contribution in [3.63, 3.8) is 0 Å². The lowest BCUT2D eigenvalue weighted by Gasteiger charge is -2.04. The largest absolute Gasteiger partial charge is 0.394 e. The van der Waals surface area contributed by atoms with Crippen molar-refractivity contribution >= 4 is 5.69 Å². The second-order valence-corrected chi connectivity index (χ2v) is 4.99. The number of nitrogens with one attached hydrogen (secondary N) is 1. The van der Waals surface area contributed by atoms with Crippen LogP contribution < -0.4 is 5.32 Å². The topological polar surface area (TPSA) is 80.8 Å². The van der Waals surface area contributed by atoms with E-state index in [0.29, 0.717) is 13.1 Å². The van der Waals surface area contributed by atoms with Crippen LogP contribution >= 0.6 is 0 Å². The molecule has 3 rings (SSSR count). The lowest BCUT2D eigenvalue weighted by atomic mass is 10.1. The number of pyridine rings is 1. The van der Waals surface area contributed by atoms with E-state index in [2.05, 4.69) is 20.5 Å². The van der Waals surface area contributed by atoms with Crippen LogP contribution in [0.15, 0.2) is 43.1 Å². The molecule has 0 saturated carbocycles. The van der Waals surface area contributed by atoms with E-state index in [9.17, 15) is 0 Å². The number of aromatic nitrogens is 5. The number of hydrogen-bond acceptors (Lipinski definition) is 5. The molecule has 0 aliphatic carbocycles. The van der Waals surface area contributed by atoms with Crippen LogP contribution in [0.1, 0.15) is 5.56 Å². The van der Waals surface area contributed by atoms with Crippen LogP contribution in [0.25, 0.3) is 11.3 Å². The van der Waals surface area contributed by atoms with E-state index in [1.54, 1.807) is 21.8 Å². The van der Waals surface area contributed by atoms with E-state index < -0.39 is 0 Å². The Balaban J connectivity index is 1.75. The number of aliphatic hydroxyl groups excluding tert-OH is 1. The first kappa shape index (κ1) is 14.3. The van der Waals surface area contributed by atoms with Gasteiger partial charge in [-0.3, -0.25) is 14.3 Å². The van der Waals surface area contributed by atoms with E-state index >= 15 is 0 Å². The molecule has 114 valence electrons. The number of anilines is 1. The maximum absolute atomic E-state index is 8.90. The van der Waals surface area contributed by atoms with Crippen molar-refractivity contribution in [1.29, 1.82) is 0 Å². The molecule has 0 bridgehead atoms. The van der Waals surface area contributed by atoms with Crippen LogP contribution in [0, 0.1) is 0 Å². The van der Waals surface area contributed by atoms with Gasteiger partial charge in [-0.15, -0.1) is 0 Å². The fraction of sp³-hybridized carbons (Fsp3) is 0.267. The molecule has 0 aliphatic rings. The van der Waals surface area contributed by atoms with Gasteiger partial charge in [-0.25, -0.2) is 0 Å². The van der Waals surface area contributed by atoms with Crippen LogP contribution in [0.5, 0.6) is 0 Å². The third-order valence-electron chi connectivity index (χ3n) is 3.28. The van der Waals surface area contributed by atoms with Gasteiger partial charge >= 0.3 is 0 Å². The average Bonchev–Trinajstić information content (AvgIpc) is 3.13. The monoisotopic (exact) mass is 298 g/mol. The molecule has 0 atom stereocenters. The lowest BCUT2D eigenvalue weighted by Crippen LogP contribution is -2.02. The summed E-state index contributed by atoms with van der Waals surface area (Å²) >= 11 is 0. The lowest BCUT2D eigenvalue weighted by molar-refractivity contribution is 0.269. The van der Waals surface area contributed by atoms with Gasteiger partial charge in [0, 0.05) is 49.5 Å². The summed E-state index contributed by atoms with van der Waals surface area (Å²) in [5.41, 5.74) is 3.92. The first-order chi connectivity index (χ1) is 10.8. The van der Waals surface area contributed by atoms with Gasteiger partial charge in [0.25, 0.3) is 0 Å². The highest BCUT2D eigenvalue weighted by atomic mass is 16.3. The van der Waals surface area contributed by atoms with E-state index in [0.717, 1.165) is 22.5 Å². The zero-order valence-electron chi connectivity index (χ0n) is 12.3. The zero-order valence-corrected chi connectivity index (χ0v) is 12.3. The summed E-state index contributed by atoms with van der Waals surface area (Å²) in [5.74, 6) is 0. The zero-order chi connectivity index (χ0) is 15.4.